The van der Waals surface area contributed by atoms with Crippen LogP contribution < -0.4 is 4.72 Å². The van der Waals surface area contributed by atoms with Crippen LogP contribution in [0.4, 0.5) is 0 Å². The number of aliphatic hydroxyl groups is 1. The van der Waals surface area contributed by atoms with E-state index in [0.717, 1.165) is 12.8 Å². The molecular formula is C11H23NO4S. The van der Waals surface area contributed by atoms with Crippen molar-refractivity contribution in [1.82, 2.24) is 4.72 Å². The Balaban J connectivity index is 2.38. The van der Waals surface area contributed by atoms with Crippen molar-refractivity contribution in [2.45, 2.75) is 39.2 Å². The van der Waals surface area contributed by atoms with Crippen LogP contribution in [0.2, 0.25) is 0 Å². The maximum Gasteiger partial charge on any atom is 0.214 e. The Bertz CT molecular complexity index is 320. The predicted octanol–water partition coefficient (Wildman–Crippen LogP) is 0.493. The monoisotopic (exact) mass is 265 g/mol. The van der Waals surface area contributed by atoms with Gasteiger partial charge in [0.05, 0.1) is 11.9 Å². The predicted molar refractivity (Wildman–Crippen MR) is 66.2 cm³/mol. The standard InChI is InChI=1S/C11H23NO4S/c1-11(2,5-6-13)9-12-17(14,15)8-10-4-3-7-16-10/h10,12-13H,3-9H2,1-2H3. The Morgan fingerprint density at radius 1 is 1.47 bits per heavy atom. The van der Waals surface area contributed by atoms with Gasteiger partial charge in [-0.3, -0.25) is 0 Å². The van der Waals surface area contributed by atoms with Gasteiger partial charge >= 0.3 is 0 Å². The van der Waals surface area contributed by atoms with Gasteiger partial charge in [-0.25, -0.2) is 13.1 Å². The summed E-state index contributed by atoms with van der Waals surface area (Å²) in [6.45, 7) is 4.94. The molecule has 0 aliphatic carbocycles. The van der Waals surface area contributed by atoms with Gasteiger partial charge in [-0.1, -0.05) is 13.8 Å². The minimum atomic E-state index is -3.27. The topological polar surface area (TPSA) is 75.6 Å². The smallest absolute Gasteiger partial charge is 0.214 e. The molecule has 0 aromatic rings. The van der Waals surface area contributed by atoms with E-state index < -0.39 is 10.0 Å². The van der Waals surface area contributed by atoms with Crippen LogP contribution in [0, 0.1) is 5.41 Å². The van der Waals surface area contributed by atoms with E-state index in [9.17, 15) is 8.42 Å². The summed E-state index contributed by atoms with van der Waals surface area (Å²) in [5, 5.41) is 8.86. The molecule has 1 saturated heterocycles. The van der Waals surface area contributed by atoms with Crippen molar-refractivity contribution in [2.24, 2.45) is 5.41 Å². The fourth-order valence-electron chi connectivity index (χ4n) is 1.78. The minimum Gasteiger partial charge on any atom is -0.396 e. The third kappa shape index (κ3) is 5.81. The first-order chi connectivity index (χ1) is 7.85. The average molecular weight is 265 g/mol. The summed E-state index contributed by atoms with van der Waals surface area (Å²) in [5.41, 5.74) is -0.224. The number of sulfonamides is 1. The van der Waals surface area contributed by atoms with Crippen LogP contribution in [0.3, 0.4) is 0 Å². The molecule has 0 amide bonds. The molecule has 0 saturated carbocycles. The van der Waals surface area contributed by atoms with Crippen LogP contribution in [-0.2, 0) is 14.8 Å². The number of rotatable bonds is 7. The SMILES string of the molecule is CC(C)(CCO)CNS(=O)(=O)CC1CCCO1. The molecule has 6 heteroatoms. The molecule has 0 aromatic carbocycles. The number of nitrogens with one attached hydrogen (secondary N) is 1. The number of hydrogen-bond donors (Lipinski definition) is 2. The van der Waals surface area contributed by atoms with Crippen molar-refractivity contribution >= 4 is 10.0 Å². The van der Waals surface area contributed by atoms with Crippen molar-refractivity contribution in [3.63, 3.8) is 0 Å². The molecule has 0 aromatic heterocycles. The van der Waals surface area contributed by atoms with Crippen LogP contribution >= 0.6 is 0 Å². The average Bonchev–Trinajstić information content (AvgIpc) is 2.67. The molecule has 0 spiro atoms. The first kappa shape index (κ1) is 14.9. The zero-order chi connectivity index (χ0) is 12.9. The molecule has 0 bridgehead atoms. The molecule has 0 radical (unpaired) electrons. The second-order valence-corrected chi connectivity index (χ2v) is 7.23. The summed E-state index contributed by atoms with van der Waals surface area (Å²) in [7, 11) is -3.27. The van der Waals surface area contributed by atoms with Gasteiger partial charge in [0.2, 0.25) is 10.0 Å². The Labute approximate surface area is 104 Å². The fourth-order valence-corrected chi connectivity index (χ4v) is 3.26. The Hall–Kier alpha value is -0.170. The molecule has 1 aliphatic heterocycles. The lowest BCUT2D eigenvalue weighted by Crippen LogP contribution is -2.38. The Morgan fingerprint density at radius 2 is 2.18 bits per heavy atom. The van der Waals surface area contributed by atoms with Gasteiger partial charge in [0.1, 0.15) is 0 Å². The molecule has 1 heterocycles. The summed E-state index contributed by atoms with van der Waals surface area (Å²) in [6, 6.07) is 0. The highest BCUT2D eigenvalue weighted by atomic mass is 32.2. The van der Waals surface area contributed by atoms with E-state index in [1.54, 1.807) is 0 Å². The molecule has 1 rings (SSSR count). The molecule has 5 nitrogen and oxygen atoms in total. The van der Waals surface area contributed by atoms with Gasteiger partial charge < -0.3 is 9.84 Å². The fraction of sp³-hybridized carbons (Fsp3) is 1.00. The first-order valence-electron chi connectivity index (χ1n) is 6.04. The van der Waals surface area contributed by atoms with E-state index in [-0.39, 0.29) is 23.9 Å². The molecule has 1 atom stereocenters. The second-order valence-electron chi connectivity index (χ2n) is 5.38. The van der Waals surface area contributed by atoms with Crippen LogP contribution in [0.1, 0.15) is 33.1 Å². The van der Waals surface area contributed by atoms with Crippen molar-refractivity contribution in [3.8, 4) is 0 Å². The van der Waals surface area contributed by atoms with E-state index in [1.165, 1.54) is 0 Å². The molecule has 102 valence electrons. The van der Waals surface area contributed by atoms with Crippen LogP contribution in [-0.4, -0.2) is 45.1 Å². The van der Waals surface area contributed by atoms with Gasteiger partial charge in [-0.05, 0) is 24.7 Å². The normalized spacial score (nSPS) is 21.9. The van der Waals surface area contributed by atoms with Gasteiger partial charge in [-0.15, -0.1) is 0 Å². The summed E-state index contributed by atoms with van der Waals surface area (Å²) in [4.78, 5) is 0. The van der Waals surface area contributed by atoms with Gasteiger partial charge in [-0.2, -0.15) is 0 Å². The summed E-state index contributed by atoms with van der Waals surface area (Å²) < 4.78 is 31.5. The minimum absolute atomic E-state index is 0.0439. The highest BCUT2D eigenvalue weighted by molar-refractivity contribution is 7.89. The summed E-state index contributed by atoms with van der Waals surface area (Å²) in [6.07, 6.45) is 2.18. The molecule has 1 aliphatic rings. The van der Waals surface area contributed by atoms with Gasteiger partial charge in [0, 0.05) is 19.8 Å². The van der Waals surface area contributed by atoms with Crippen molar-refractivity contribution < 1.29 is 18.3 Å². The van der Waals surface area contributed by atoms with E-state index in [0.29, 0.717) is 19.6 Å². The van der Waals surface area contributed by atoms with Gasteiger partial charge in [0.25, 0.3) is 0 Å². The maximum absolute atomic E-state index is 11.8. The Morgan fingerprint density at radius 3 is 2.71 bits per heavy atom. The summed E-state index contributed by atoms with van der Waals surface area (Å²) >= 11 is 0. The lowest BCUT2D eigenvalue weighted by molar-refractivity contribution is 0.127. The quantitative estimate of drug-likeness (QED) is 0.702. The molecule has 2 N–H and O–H groups in total. The zero-order valence-electron chi connectivity index (χ0n) is 10.6. The zero-order valence-corrected chi connectivity index (χ0v) is 11.4. The number of ether oxygens (including phenoxy) is 1. The van der Waals surface area contributed by atoms with Crippen molar-refractivity contribution in [3.05, 3.63) is 0 Å². The van der Waals surface area contributed by atoms with E-state index in [4.69, 9.17) is 9.84 Å². The van der Waals surface area contributed by atoms with Crippen LogP contribution in [0.25, 0.3) is 0 Å². The number of hydrogen-bond acceptors (Lipinski definition) is 4. The lowest BCUT2D eigenvalue weighted by atomic mass is 9.90. The highest BCUT2D eigenvalue weighted by Gasteiger charge is 2.25. The van der Waals surface area contributed by atoms with Crippen molar-refractivity contribution in [1.29, 1.82) is 0 Å². The Kier molecular flexibility index (Phi) is 5.37. The summed E-state index contributed by atoms with van der Waals surface area (Å²) in [5.74, 6) is 0.0439. The lowest BCUT2D eigenvalue weighted by Gasteiger charge is -2.24. The second kappa shape index (κ2) is 6.13. The third-order valence-electron chi connectivity index (χ3n) is 2.99. The van der Waals surface area contributed by atoms with Crippen LogP contribution in [0.5, 0.6) is 0 Å². The molecule has 1 fully saturated rings. The van der Waals surface area contributed by atoms with E-state index >= 15 is 0 Å². The maximum atomic E-state index is 11.8. The van der Waals surface area contributed by atoms with E-state index in [2.05, 4.69) is 4.72 Å². The van der Waals surface area contributed by atoms with E-state index in [1.807, 2.05) is 13.8 Å². The van der Waals surface area contributed by atoms with Gasteiger partial charge in [0.15, 0.2) is 0 Å². The molecular weight excluding hydrogens is 242 g/mol. The first-order valence-corrected chi connectivity index (χ1v) is 7.70. The van der Waals surface area contributed by atoms with Crippen molar-refractivity contribution in [2.75, 3.05) is 25.5 Å². The van der Waals surface area contributed by atoms with Crippen LogP contribution in [0.15, 0.2) is 0 Å². The molecule has 1 unspecified atom stereocenters. The highest BCUT2D eigenvalue weighted by Crippen LogP contribution is 2.19. The molecule has 17 heavy (non-hydrogen) atoms. The third-order valence-corrected chi connectivity index (χ3v) is 4.38. The largest absolute Gasteiger partial charge is 0.396 e. The number of aliphatic hydroxyl groups excluding tert-OH is 1.